The summed E-state index contributed by atoms with van der Waals surface area (Å²) in [6.07, 6.45) is -2.49. The van der Waals surface area contributed by atoms with Crippen LogP contribution in [0.25, 0.3) is 0 Å². The number of carboxylic acid groups (broad SMARTS) is 2. The number of hydrogen-bond donors (Lipinski definition) is 6. The van der Waals surface area contributed by atoms with Crippen LogP contribution in [0.2, 0.25) is 5.02 Å². The van der Waals surface area contributed by atoms with E-state index in [1.165, 1.54) is 16.7 Å². The minimum atomic E-state index is -2.27. The van der Waals surface area contributed by atoms with Crippen LogP contribution in [0.3, 0.4) is 0 Å². The number of Topliss-reactive ketones (excluding diaryl/α,β-unsaturated/α-hetero) is 1. The highest BCUT2D eigenvalue weighted by Crippen LogP contribution is 2.31. The summed E-state index contributed by atoms with van der Waals surface area (Å²) in [5, 5.41) is 40.3. The molecule has 2 aromatic rings. The number of carboxylic acids is 2. The van der Waals surface area contributed by atoms with Gasteiger partial charge in [-0.15, -0.1) is 11.8 Å². The Morgan fingerprint density at radius 3 is 2.11 bits per heavy atom. The topological polar surface area (TPSA) is 156 Å². The normalized spacial score (nSPS) is 14.7. The van der Waals surface area contributed by atoms with Gasteiger partial charge in [0.1, 0.15) is 5.78 Å². The summed E-state index contributed by atoms with van der Waals surface area (Å²) in [6.45, 7) is 8.64. The quantitative estimate of drug-likeness (QED) is 0.249. The van der Waals surface area contributed by atoms with Gasteiger partial charge in [-0.25, -0.2) is 9.59 Å². The number of carbonyl (C=O) groups is 3. The molecule has 2 aromatic carbocycles. The second-order valence-corrected chi connectivity index (χ2v) is 11.3. The van der Waals surface area contributed by atoms with E-state index < -0.39 is 24.1 Å². The largest absolute Gasteiger partial charge is 0.479 e. The zero-order valence-corrected chi connectivity index (χ0v) is 23.2. The number of rotatable bonds is 9. The van der Waals surface area contributed by atoms with Gasteiger partial charge >= 0.3 is 11.9 Å². The lowest BCUT2D eigenvalue weighted by atomic mass is 9.92. The molecule has 1 aliphatic heterocycles. The second kappa shape index (κ2) is 14.5. The standard InChI is InChI=1S/C23H29ClN2OS.C4H6O6/c1-23(2,3)21(27)15-28-18-7-4-16(5-8-18)14-26-22-19-11-13-25-12-10-17(19)6-9-20(22)24;5-1(3(7)8)2(6)4(9)10/h4-9,25-26H,10-15H2,1-3H3;1-2,5-6H,(H,7,8)(H,9,10)/t;1-,2-/m.1/s1. The molecule has 0 fully saturated rings. The number of aliphatic hydroxyl groups is 2. The van der Waals surface area contributed by atoms with Crippen LogP contribution in [0.15, 0.2) is 41.3 Å². The maximum Gasteiger partial charge on any atom is 0.335 e. The number of ketones is 1. The average Bonchev–Trinajstić information content (AvgIpc) is 3.11. The summed E-state index contributed by atoms with van der Waals surface area (Å²) in [5.41, 5.74) is 4.71. The molecule has 0 saturated heterocycles. The fourth-order valence-electron chi connectivity index (χ4n) is 3.46. The molecule has 0 unspecified atom stereocenters. The van der Waals surface area contributed by atoms with E-state index in [-0.39, 0.29) is 11.2 Å². The Bertz CT molecular complexity index is 1100. The lowest BCUT2D eigenvalue weighted by Crippen LogP contribution is -2.39. The zero-order valence-electron chi connectivity index (χ0n) is 21.7. The van der Waals surface area contributed by atoms with Crippen molar-refractivity contribution in [2.75, 3.05) is 24.2 Å². The van der Waals surface area contributed by atoms with Crippen molar-refractivity contribution in [2.45, 2.75) is 57.3 Å². The number of hydrogen-bond acceptors (Lipinski definition) is 8. The van der Waals surface area contributed by atoms with Crippen LogP contribution in [-0.4, -0.2) is 69.2 Å². The SMILES string of the molecule is CC(C)(C)C(=O)CSc1ccc(CNc2c(Cl)ccc3c2CCNCC3)cc1.O=C(O)[C@H](O)[C@@H](O)C(=O)O. The molecule has 0 aromatic heterocycles. The highest BCUT2D eigenvalue weighted by molar-refractivity contribution is 8.00. The van der Waals surface area contributed by atoms with Gasteiger partial charge in [-0.1, -0.05) is 50.6 Å². The number of nitrogens with one attached hydrogen (secondary N) is 2. The van der Waals surface area contributed by atoms with Crippen LogP contribution in [0.4, 0.5) is 5.69 Å². The Morgan fingerprint density at radius 2 is 1.55 bits per heavy atom. The molecule has 0 amide bonds. The Balaban J connectivity index is 0.000000432. The Labute approximate surface area is 231 Å². The number of anilines is 1. The van der Waals surface area contributed by atoms with Gasteiger partial charge in [-0.2, -0.15) is 0 Å². The van der Waals surface area contributed by atoms with E-state index in [0.29, 0.717) is 5.75 Å². The molecule has 2 atom stereocenters. The first-order valence-corrected chi connectivity index (χ1v) is 13.5. The van der Waals surface area contributed by atoms with Gasteiger partial charge in [-0.3, -0.25) is 4.79 Å². The molecular weight excluding hydrogens is 532 g/mol. The lowest BCUT2D eigenvalue weighted by Gasteiger charge is -2.17. The first-order chi connectivity index (χ1) is 17.8. The summed E-state index contributed by atoms with van der Waals surface area (Å²) in [5.74, 6) is -2.75. The second-order valence-electron chi connectivity index (χ2n) is 9.84. The number of fused-ring (bicyclic) bond motifs is 1. The van der Waals surface area contributed by atoms with Gasteiger partial charge in [0.25, 0.3) is 0 Å². The molecule has 0 saturated carbocycles. The Hall–Kier alpha value is -2.63. The molecule has 0 spiro atoms. The van der Waals surface area contributed by atoms with E-state index in [0.717, 1.165) is 48.1 Å². The first-order valence-electron chi connectivity index (χ1n) is 12.1. The fraction of sp³-hybridized carbons (Fsp3) is 0.444. The third kappa shape index (κ3) is 9.59. The number of benzene rings is 2. The van der Waals surface area contributed by atoms with Crippen molar-refractivity contribution in [3.05, 3.63) is 58.1 Å². The van der Waals surface area contributed by atoms with Crippen molar-refractivity contribution in [3.63, 3.8) is 0 Å². The fourth-order valence-corrected chi connectivity index (χ4v) is 4.77. The minimum absolute atomic E-state index is 0.275. The number of aliphatic carboxylic acids is 2. The number of halogens is 1. The molecule has 9 nitrogen and oxygen atoms in total. The molecule has 0 bridgehead atoms. The molecule has 1 aliphatic rings. The van der Waals surface area contributed by atoms with Crippen LogP contribution in [0, 0.1) is 5.41 Å². The van der Waals surface area contributed by atoms with Crippen LogP contribution in [0.1, 0.15) is 37.5 Å². The van der Waals surface area contributed by atoms with E-state index in [1.54, 1.807) is 11.8 Å². The molecule has 3 rings (SSSR count). The third-order valence-electron chi connectivity index (χ3n) is 5.89. The van der Waals surface area contributed by atoms with Crippen LogP contribution < -0.4 is 10.6 Å². The summed E-state index contributed by atoms with van der Waals surface area (Å²) in [6, 6.07) is 12.6. The molecule has 0 radical (unpaired) electrons. The van der Waals surface area contributed by atoms with Crippen molar-refractivity contribution in [2.24, 2.45) is 5.41 Å². The van der Waals surface area contributed by atoms with Crippen molar-refractivity contribution in [1.82, 2.24) is 5.32 Å². The number of thioether (sulfide) groups is 1. The molecule has 1 heterocycles. The summed E-state index contributed by atoms with van der Waals surface area (Å²) < 4.78 is 0. The Kier molecular flexibility index (Phi) is 12.1. The number of carbonyl (C=O) groups excluding carboxylic acids is 1. The van der Waals surface area contributed by atoms with Gasteiger partial charge in [0.15, 0.2) is 12.2 Å². The molecular formula is C27H35ClN2O7S. The molecule has 11 heteroatoms. The Morgan fingerprint density at radius 1 is 0.974 bits per heavy atom. The van der Waals surface area contributed by atoms with Crippen molar-refractivity contribution in [3.8, 4) is 0 Å². The van der Waals surface area contributed by atoms with E-state index in [4.69, 9.17) is 32.0 Å². The van der Waals surface area contributed by atoms with Gasteiger partial charge in [0.05, 0.1) is 16.5 Å². The first kappa shape index (κ1) is 31.6. The maximum atomic E-state index is 12.1. The smallest absolute Gasteiger partial charge is 0.335 e. The monoisotopic (exact) mass is 566 g/mol. The predicted octanol–water partition coefficient (Wildman–Crippen LogP) is 3.23. The van der Waals surface area contributed by atoms with Crippen molar-refractivity contribution >= 4 is 46.8 Å². The summed E-state index contributed by atoms with van der Waals surface area (Å²) in [7, 11) is 0. The van der Waals surface area contributed by atoms with E-state index in [9.17, 15) is 14.4 Å². The third-order valence-corrected chi connectivity index (χ3v) is 7.21. The maximum absolute atomic E-state index is 12.1. The van der Waals surface area contributed by atoms with Gasteiger partial charge in [0, 0.05) is 16.9 Å². The zero-order chi connectivity index (χ0) is 28.5. The number of aliphatic hydroxyl groups excluding tert-OH is 2. The van der Waals surface area contributed by atoms with E-state index >= 15 is 0 Å². The minimum Gasteiger partial charge on any atom is -0.479 e. The van der Waals surface area contributed by atoms with Crippen LogP contribution >= 0.6 is 23.4 Å². The average molecular weight is 567 g/mol. The molecule has 6 N–H and O–H groups in total. The van der Waals surface area contributed by atoms with Crippen LogP contribution in [-0.2, 0) is 33.8 Å². The molecule has 208 valence electrons. The molecule has 38 heavy (non-hydrogen) atoms. The lowest BCUT2D eigenvalue weighted by molar-refractivity contribution is -0.165. The highest BCUT2D eigenvalue weighted by Gasteiger charge is 2.29. The predicted molar refractivity (Wildman–Crippen MR) is 148 cm³/mol. The van der Waals surface area contributed by atoms with Gasteiger partial charge in [-0.05, 0) is 60.8 Å². The van der Waals surface area contributed by atoms with E-state index in [2.05, 4.69) is 41.0 Å². The summed E-state index contributed by atoms with van der Waals surface area (Å²) in [4.78, 5) is 32.8. The van der Waals surface area contributed by atoms with Crippen molar-refractivity contribution in [1.29, 1.82) is 0 Å². The van der Waals surface area contributed by atoms with Gasteiger partial charge < -0.3 is 31.1 Å². The highest BCUT2D eigenvalue weighted by atomic mass is 35.5. The van der Waals surface area contributed by atoms with E-state index in [1.807, 2.05) is 26.8 Å². The molecule has 0 aliphatic carbocycles. The van der Waals surface area contributed by atoms with Crippen molar-refractivity contribution < 1.29 is 34.8 Å². The van der Waals surface area contributed by atoms with Crippen LogP contribution in [0.5, 0.6) is 0 Å². The summed E-state index contributed by atoms with van der Waals surface area (Å²) >= 11 is 8.10. The van der Waals surface area contributed by atoms with Gasteiger partial charge in [0.2, 0.25) is 0 Å².